The van der Waals surface area contributed by atoms with E-state index in [0.717, 1.165) is 5.56 Å². The van der Waals surface area contributed by atoms with E-state index in [1.165, 1.54) is 17.0 Å². The van der Waals surface area contributed by atoms with Crippen LogP contribution < -0.4 is 0 Å². The van der Waals surface area contributed by atoms with Gasteiger partial charge in [-0.1, -0.05) is 35.9 Å². The Kier molecular flexibility index (Phi) is 6.26. The molecule has 0 bridgehead atoms. The molecule has 20 heavy (non-hydrogen) atoms. The van der Waals surface area contributed by atoms with Gasteiger partial charge in [-0.25, -0.2) is 0 Å². The minimum Gasteiger partial charge on any atom is -0.282 e. The van der Waals surface area contributed by atoms with Gasteiger partial charge in [0.1, 0.15) is 12.5 Å². The Hall–Kier alpha value is -1.30. The van der Waals surface area contributed by atoms with E-state index < -0.39 is 10.1 Å². The molecule has 0 aromatic heterocycles. The Bertz CT molecular complexity index is 618. The summed E-state index contributed by atoms with van der Waals surface area (Å²) in [6.45, 7) is 1.84. The predicted octanol–water partition coefficient (Wildman–Crippen LogP) is 3.17. The Balaban J connectivity index is 0.000000204. The molecular weight excluding hydrogens is 292 g/mol. The summed E-state index contributed by atoms with van der Waals surface area (Å²) < 4.78 is 29.6. The fourth-order valence-electron chi connectivity index (χ4n) is 1.40. The lowest BCUT2D eigenvalue weighted by atomic mass is 10.2. The van der Waals surface area contributed by atoms with Crippen molar-refractivity contribution in [2.24, 2.45) is 0 Å². The van der Waals surface area contributed by atoms with Crippen molar-refractivity contribution in [1.29, 1.82) is 0 Å². The average Bonchev–Trinajstić information content (AvgIpc) is 2.40. The molecular formula is C15H19O3S2+. The first-order chi connectivity index (χ1) is 9.30. The molecule has 2 rings (SSSR count). The average molecular weight is 311 g/mol. The van der Waals surface area contributed by atoms with Crippen LogP contribution in [0.5, 0.6) is 0 Å². The van der Waals surface area contributed by atoms with Crippen molar-refractivity contribution in [3.05, 3.63) is 60.2 Å². The lowest BCUT2D eigenvalue weighted by Crippen LogP contribution is -1.96. The zero-order chi connectivity index (χ0) is 15.2. The van der Waals surface area contributed by atoms with Crippen molar-refractivity contribution in [2.45, 2.75) is 16.7 Å². The summed E-state index contributed by atoms with van der Waals surface area (Å²) in [7, 11) is -3.60. The first kappa shape index (κ1) is 16.8. The maximum absolute atomic E-state index is 10.5. The lowest BCUT2D eigenvalue weighted by Gasteiger charge is -1.95. The molecule has 5 heteroatoms. The van der Waals surface area contributed by atoms with Crippen LogP contribution in [-0.4, -0.2) is 25.5 Å². The third kappa shape index (κ3) is 5.77. The fourth-order valence-corrected chi connectivity index (χ4v) is 2.58. The minimum absolute atomic E-state index is 0.0666. The summed E-state index contributed by atoms with van der Waals surface area (Å²) in [6, 6.07) is 16.6. The highest BCUT2D eigenvalue weighted by atomic mass is 32.2. The van der Waals surface area contributed by atoms with Crippen molar-refractivity contribution >= 4 is 21.0 Å². The van der Waals surface area contributed by atoms with Gasteiger partial charge in [-0.3, -0.25) is 4.55 Å². The first-order valence-electron chi connectivity index (χ1n) is 5.97. The van der Waals surface area contributed by atoms with Crippen LogP contribution in [0.2, 0.25) is 0 Å². The predicted molar refractivity (Wildman–Crippen MR) is 84.9 cm³/mol. The SMILES string of the molecule is C[S+](C)c1ccccc1.Cc1ccc(S(=O)(=O)O)cc1. The highest BCUT2D eigenvalue weighted by molar-refractivity contribution is 7.95. The minimum atomic E-state index is -4.02. The molecule has 0 amide bonds. The molecule has 0 aliphatic rings. The lowest BCUT2D eigenvalue weighted by molar-refractivity contribution is 0.483. The number of benzene rings is 2. The van der Waals surface area contributed by atoms with Crippen molar-refractivity contribution in [3.8, 4) is 0 Å². The summed E-state index contributed by atoms with van der Waals surface area (Å²) in [4.78, 5) is 1.38. The molecule has 0 saturated carbocycles. The molecule has 108 valence electrons. The van der Waals surface area contributed by atoms with Crippen LogP contribution in [0, 0.1) is 6.92 Å². The Morgan fingerprint density at radius 3 is 1.75 bits per heavy atom. The standard InChI is InChI=1S/C8H11S.C7H8O3S/c1-9(2)8-6-4-3-5-7-8;1-6-2-4-7(5-3-6)11(8,9)10/h3-7H,1-2H3;2-5H,1H3,(H,8,9,10)/q+1;. The molecule has 2 aromatic rings. The Labute approximate surface area is 123 Å². The van der Waals surface area contributed by atoms with E-state index in [1.54, 1.807) is 12.1 Å². The molecule has 2 aromatic carbocycles. The number of aryl methyl sites for hydroxylation is 1. The van der Waals surface area contributed by atoms with Gasteiger partial charge in [0.25, 0.3) is 10.1 Å². The molecule has 0 atom stereocenters. The summed E-state index contributed by atoms with van der Waals surface area (Å²) in [6.07, 6.45) is 4.46. The second-order valence-corrected chi connectivity index (χ2v) is 7.94. The van der Waals surface area contributed by atoms with Crippen LogP contribution in [0.15, 0.2) is 64.4 Å². The maximum atomic E-state index is 10.5. The Morgan fingerprint density at radius 2 is 1.40 bits per heavy atom. The van der Waals surface area contributed by atoms with Crippen LogP contribution in [0.25, 0.3) is 0 Å². The molecule has 0 heterocycles. The summed E-state index contributed by atoms with van der Waals surface area (Å²) in [5.74, 6) is 0. The molecule has 3 nitrogen and oxygen atoms in total. The summed E-state index contributed by atoms with van der Waals surface area (Å²) in [5.41, 5.74) is 0.956. The van der Waals surface area contributed by atoms with Gasteiger partial charge < -0.3 is 0 Å². The topological polar surface area (TPSA) is 54.4 Å². The van der Waals surface area contributed by atoms with Gasteiger partial charge >= 0.3 is 0 Å². The van der Waals surface area contributed by atoms with Crippen molar-refractivity contribution in [1.82, 2.24) is 0 Å². The van der Waals surface area contributed by atoms with Gasteiger partial charge in [-0.15, -0.1) is 0 Å². The molecule has 0 unspecified atom stereocenters. The van der Waals surface area contributed by atoms with Gasteiger partial charge in [0, 0.05) is 10.9 Å². The fraction of sp³-hybridized carbons (Fsp3) is 0.200. The van der Waals surface area contributed by atoms with Crippen molar-refractivity contribution < 1.29 is 13.0 Å². The van der Waals surface area contributed by atoms with Gasteiger partial charge in [0.15, 0.2) is 4.90 Å². The van der Waals surface area contributed by atoms with Gasteiger partial charge in [0.2, 0.25) is 0 Å². The highest BCUT2D eigenvalue weighted by Crippen LogP contribution is 2.08. The van der Waals surface area contributed by atoms with E-state index >= 15 is 0 Å². The van der Waals surface area contributed by atoms with Crippen LogP contribution in [0.3, 0.4) is 0 Å². The van der Waals surface area contributed by atoms with Gasteiger partial charge in [0.05, 0.1) is 4.90 Å². The van der Waals surface area contributed by atoms with Crippen LogP contribution >= 0.6 is 0 Å². The van der Waals surface area contributed by atoms with Crippen molar-refractivity contribution in [2.75, 3.05) is 12.5 Å². The summed E-state index contributed by atoms with van der Waals surface area (Å²) >= 11 is 0. The van der Waals surface area contributed by atoms with E-state index in [0.29, 0.717) is 10.9 Å². The zero-order valence-electron chi connectivity index (χ0n) is 11.8. The molecule has 1 N–H and O–H groups in total. The van der Waals surface area contributed by atoms with E-state index in [9.17, 15) is 8.42 Å². The largest absolute Gasteiger partial charge is 0.294 e. The molecule has 0 fully saturated rings. The van der Waals surface area contributed by atoms with E-state index in [-0.39, 0.29) is 4.90 Å². The zero-order valence-corrected chi connectivity index (χ0v) is 13.4. The quantitative estimate of drug-likeness (QED) is 0.684. The monoisotopic (exact) mass is 311 g/mol. The first-order valence-corrected chi connectivity index (χ1v) is 9.45. The molecule has 0 radical (unpaired) electrons. The summed E-state index contributed by atoms with van der Waals surface area (Å²) in [5, 5.41) is 0. The van der Waals surface area contributed by atoms with Crippen LogP contribution in [-0.2, 0) is 21.0 Å². The number of hydrogen-bond acceptors (Lipinski definition) is 2. The number of rotatable bonds is 2. The third-order valence-electron chi connectivity index (χ3n) is 2.53. The van der Waals surface area contributed by atoms with Gasteiger partial charge in [-0.05, 0) is 31.2 Å². The normalized spacial score (nSPS) is 10.8. The van der Waals surface area contributed by atoms with E-state index in [2.05, 4.69) is 42.8 Å². The second-order valence-electron chi connectivity index (χ2n) is 4.42. The third-order valence-corrected chi connectivity index (χ3v) is 4.62. The molecule has 0 aliphatic carbocycles. The second kappa shape index (κ2) is 7.47. The molecule has 0 saturated heterocycles. The maximum Gasteiger partial charge on any atom is 0.294 e. The molecule has 0 spiro atoms. The smallest absolute Gasteiger partial charge is 0.282 e. The van der Waals surface area contributed by atoms with Gasteiger partial charge in [-0.2, -0.15) is 8.42 Å². The number of hydrogen-bond donors (Lipinski definition) is 1. The van der Waals surface area contributed by atoms with E-state index in [4.69, 9.17) is 4.55 Å². The Morgan fingerprint density at radius 1 is 0.900 bits per heavy atom. The highest BCUT2D eigenvalue weighted by Gasteiger charge is 2.06. The molecule has 0 aliphatic heterocycles. The van der Waals surface area contributed by atoms with Crippen LogP contribution in [0.1, 0.15) is 5.56 Å². The van der Waals surface area contributed by atoms with E-state index in [1.807, 2.05) is 6.92 Å². The van der Waals surface area contributed by atoms with Crippen molar-refractivity contribution in [3.63, 3.8) is 0 Å². The van der Waals surface area contributed by atoms with Crippen LogP contribution in [0.4, 0.5) is 0 Å².